The van der Waals surface area contributed by atoms with Gasteiger partial charge >= 0.3 is 0 Å². The molecule has 0 aliphatic rings. The Kier molecular flexibility index (Phi) is 17.7. The zero-order chi connectivity index (χ0) is 20.4. The fourth-order valence-electron chi connectivity index (χ4n) is 3.61. The van der Waals surface area contributed by atoms with Gasteiger partial charge < -0.3 is 24.4 Å². The Bertz CT molecular complexity index is 294. The highest BCUT2D eigenvalue weighted by atomic mass is 16.9. The molecule has 0 heterocycles. The Labute approximate surface area is 167 Å². The molecule has 0 aromatic carbocycles. The minimum atomic E-state index is -0.961. The Balaban J connectivity index is 4.81. The molecule has 0 aliphatic heterocycles. The second kappa shape index (κ2) is 17.9. The van der Waals surface area contributed by atoms with E-state index in [1.54, 1.807) is 0 Å². The molecule has 0 saturated carbocycles. The monoisotopic (exact) mass is 390 g/mol. The summed E-state index contributed by atoms with van der Waals surface area (Å²) in [6.45, 7) is 9.67. The van der Waals surface area contributed by atoms with Crippen LogP contribution in [0.2, 0.25) is 0 Å². The van der Waals surface area contributed by atoms with E-state index in [0.717, 1.165) is 32.1 Å². The van der Waals surface area contributed by atoms with Crippen molar-refractivity contribution in [2.45, 2.75) is 110 Å². The van der Waals surface area contributed by atoms with Crippen LogP contribution in [0.1, 0.15) is 98.3 Å². The summed E-state index contributed by atoms with van der Waals surface area (Å²) in [6.07, 6.45) is 11.4. The summed E-state index contributed by atoms with van der Waals surface area (Å²) in [5, 5.41) is 18.5. The predicted molar refractivity (Wildman–Crippen MR) is 111 cm³/mol. The fraction of sp³-hybridized carbons (Fsp3) is 1.00. The average molecular weight is 391 g/mol. The van der Waals surface area contributed by atoms with Crippen molar-refractivity contribution in [3.05, 3.63) is 0 Å². The van der Waals surface area contributed by atoms with Gasteiger partial charge in [0.1, 0.15) is 0 Å². The van der Waals surface area contributed by atoms with Crippen LogP contribution in [0.25, 0.3) is 0 Å². The lowest BCUT2D eigenvalue weighted by Gasteiger charge is -2.39. The SMILES string of the molecule is CCCCCCCCC(CCCCC(O)CO)C(OCC)(OCC)OCC. The molecule has 2 N–H and O–H groups in total. The van der Waals surface area contributed by atoms with E-state index < -0.39 is 12.1 Å². The van der Waals surface area contributed by atoms with Crippen molar-refractivity contribution >= 4 is 0 Å². The van der Waals surface area contributed by atoms with Gasteiger partial charge in [-0.25, -0.2) is 0 Å². The number of rotatable bonds is 20. The number of unbranched alkanes of at least 4 members (excludes halogenated alkanes) is 6. The van der Waals surface area contributed by atoms with Crippen molar-refractivity contribution in [2.24, 2.45) is 5.92 Å². The van der Waals surface area contributed by atoms with Crippen molar-refractivity contribution < 1.29 is 24.4 Å². The van der Waals surface area contributed by atoms with Gasteiger partial charge in [-0.15, -0.1) is 0 Å². The molecule has 2 unspecified atom stereocenters. The highest BCUT2D eigenvalue weighted by Crippen LogP contribution is 2.34. The van der Waals surface area contributed by atoms with E-state index in [-0.39, 0.29) is 12.5 Å². The number of aliphatic hydroxyl groups excluding tert-OH is 2. The second-order valence-electron chi connectivity index (χ2n) is 7.28. The summed E-state index contributed by atoms with van der Waals surface area (Å²) in [4.78, 5) is 0. The van der Waals surface area contributed by atoms with Crippen molar-refractivity contribution in [3.8, 4) is 0 Å². The van der Waals surface area contributed by atoms with Gasteiger partial charge in [0, 0.05) is 25.7 Å². The van der Waals surface area contributed by atoms with E-state index in [2.05, 4.69) is 6.92 Å². The highest BCUT2D eigenvalue weighted by molar-refractivity contribution is 4.73. The van der Waals surface area contributed by atoms with E-state index in [4.69, 9.17) is 19.3 Å². The lowest BCUT2D eigenvalue weighted by Crippen LogP contribution is -2.46. The molecule has 0 fully saturated rings. The van der Waals surface area contributed by atoms with E-state index in [1.165, 1.54) is 32.1 Å². The quantitative estimate of drug-likeness (QED) is 0.225. The van der Waals surface area contributed by atoms with Crippen LogP contribution in [-0.2, 0) is 14.2 Å². The van der Waals surface area contributed by atoms with Crippen molar-refractivity contribution in [3.63, 3.8) is 0 Å². The van der Waals surface area contributed by atoms with Gasteiger partial charge in [0.25, 0.3) is 5.97 Å². The summed E-state index contributed by atoms with van der Waals surface area (Å²) in [5.74, 6) is -0.785. The maximum atomic E-state index is 9.56. The Hall–Kier alpha value is -0.200. The average Bonchev–Trinajstić information content (AvgIpc) is 2.66. The summed E-state index contributed by atoms with van der Waals surface area (Å²) >= 11 is 0. The summed E-state index contributed by atoms with van der Waals surface area (Å²) in [5.41, 5.74) is 0. The lowest BCUT2D eigenvalue weighted by atomic mass is 9.91. The first-order chi connectivity index (χ1) is 13.1. The van der Waals surface area contributed by atoms with Crippen LogP contribution in [0, 0.1) is 5.92 Å². The third kappa shape index (κ3) is 12.1. The number of ether oxygens (including phenoxy) is 3. The second-order valence-corrected chi connectivity index (χ2v) is 7.28. The number of aliphatic hydroxyl groups is 2. The van der Waals surface area contributed by atoms with E-state index in [1.807, 2.05) is 20.8 Å². The summed E-state index contributed by atoms with van der Waals surface area (Å²) in [7, 11) is 0. The molecule has 0 saturated heterocycles. The van der Waals surface area contributed by atoms with Gasteiger partial charge in [-0.1, -0.05) is 58.3 Å². The molecule has 5 heteroatoms. The molecule has 0 aromatic rings. The zero-order valence-corrected chi connectivity index (χ0v) is 18.4. The van der Waals surface area contributed by atoms with Crippen LogP contribution < -0.4 is 0 Å². The molecule has 2 atom stereocenters. The minimum absolute atomic E-state index is 0.165. The largest absolute Gasteiger partial charge is 0.394 e. The van der Waals surface area contributed by atoms with Crippen LogP contribution in [0.5, 0.6) is 0 Å². The Morgan fingerprint density at radius 3 is 1.59 bits per heavy atom. The highest BCUT2D eigenvalue weighted by Gasteiger charge is 2.41. The predicted octanol–water partition coefficient (Wildman–Crippen LogP) is 5.03. The smallest absolute Gasteiger partial charge is 0.285 e. The fourth-order valence-corrected chi connectivity index (χ4v) is 3.61. The van der Waals surface area contributed by atoms with Gasteiger partial charge in [0.2, 0.25) is 0 Å². The van der Waals surface area contributed by atoms with Crippen molar-refractivity contribution in [1.29, 1.82) is 0 Å². The van der Waals surface area contributed by atoms with Crippen LogP contribution >= 0.6 is 0 Å². The molecule has 0 aromatic heterocycles. The van der Waals surface area contributed by atoms with Gasteiger partial charge in [-0.2, -0.15) is 0 Å². The van der Waals surface area contributed by atoms with E-state index in [9.17, 15) is 5.11 Å². The van der Waals surface area contributed by atoms with Crippen LogP contribution in [0.4, 0.5) is 0 Å². The zero-order valence-electron chi connectivity index (χ0n) is 18.4. The van der Waals surface area contributed by atoms with Gasteiger partial charge in [0.15, 0.2) is 0 Å². The Morgan fingerprint density at radius 1 is 0.667 bits per heavy atom. The third-order valence-electron chi connectivity index (χ3n) is 4.99. The molecular formula is C22H46O5. The van der Waals surface area contributed by atoms with Gasteiger partial charge in [-0.05, 0) is 40.0 Å². The molecule has 0 radical (unpaired) electrons. The molecule has 164 valence electrons. The summed E-state index contributed by atoms with van der Waals surface area (Å²) < 4.78 is 18.1. The maximum absolute atomic E-state index is 9.56. The standard InChI is InChI=1S/C22H46O5/c1-5-9-10-11-12-13-16-20(17-14-15-18-21(24)19-23)22(25-6-2,26-7-3)27-8-4/h20-21,23-24H,5-19H2,1-4H3. The normalized spacial score (nSPS) is 14.4. The molecule has 0 amide bonds. The molecule has 0 spiro atoms. The first-order valence-electron chi connectivity index (χ1n) is 11.3. The van der Waals surface area contributed by atoms with Gasteiger partial charge in [-0.3, -0.25) is 0 Å². The first kappa shape index (κ1) is 26.8. The molecule has 5 nitrogen and oxygen atoms in total. The van der Waals surface area contributed by atoms with Crippen LogP contribution in [0.15, 0.2) is 0 Å². The topological polar surface area (TPSA) is 68.2 Å². The first-order valence-corrected chi connectivity index (χ1v) is 11.3. The van der Waals surface area contributed by atoms with Crippen molar-refractivity contribution in [2.75, 3.05) is 26.4 Å². The maximum Gasteiger partial charge on any atom is 0.285 e. The third-order valence-corrected chi connectivity index (χ3v) is 4.99. The number of hydrogen-bond acceptors (Lipinski definition) is 5. The molecule has 0 aliphatic carbocycles. The molecule has 0 rings (SSSR count). The van der Waals surface area contributed by atoms with Crippen LogP contribution in [-0.4, -0.2) is 48.7 Å². The molecule has 27 heavy (non-hydrogen) atoms. The van der Waals surface area contributed by atoms with E-state index >= 15 is 0 Å². The summed E-state index contributed by atoms with van der Waals surface area (Å²) in [6, 6.07) is 0. The van der Waals surface area contributed by atoms with E-state index in [0.29, 0.717) is 26.2 Å². The van der Waals surface area contributed by atoms with Gasteiger partial charge in [0.05, 0.1) is 12.7 Å². The number of hydrogen-bond donors (Lipinski definition) is 2. The molecular weight excluding hydrogens is 344 g/mol. The van der Waals surface area contributed by atoms with Crippen molar-refractivity contribution in [1.82, 2.24) is 0 Å². The molecule has 0 bridgehead atoms. The lowest BCUT2D eigenvalue weighted by molar-refractivity contribution is -0.403. The Morgan fingerprint density at radius 2 is 1.11 bits per heavy atom. The van der Waals surface area contributed by atoms with Crippen LogP contribution in [0.3, 0.4) is 0 Å². The minimum Gasteiger partial charge on any atom is -0.394 e.